The van der Waals surface area contributed by atoms with E-state index in [1.807, 2.05) is 35.2 Å². The third-order valence-corrected chi connectivity index (χ3v) is 6.29. The highest BCUT2D eigenvalue weighted by Crippen LogP contribution is 2.27. The topological polar surface area (TPSA) is 70.7 Å². The number of ether oxygens (including phenoxy) is 1. The lowest BCUT2D eigenvalue weighted by Gasteiger charge is -2.35. The average Bonchev–Trinajstić information content (AvgIpc) is 3.07. The fraction of sp³-hybridized carbons (Fsp3) is 0.636. The van der Waals surface area contributed by atoms with Crippen LogP contribution in [0.15, 0.2) is 30.3 Å². The molecule has 2 N–H and O–H groups in total. The van der Waals surface area contributed by atoms with Crippen molar-refractivity contribution in [2.24, 2.45) is 5.92 Å². The number of carbonyl (C=O) groups excluding carboxylic acids is 2. The van der Waals surface area contributed by atoms with Gasteiger partial charge < -0.3 is 20.3 Å². The van der Waals surface area contributed by atoms with Crippen molar-refractivity contribution in [1.29, 1.82) is 0 Å². The van der Waals surface area contributed by atoms with Crippen LogP contribution in [0.3, 0.4) is 0 Å². The second kappa shape index (κ2) is 8.95. The molecule has 152 valence electrons. The molecule has 3 heterocycles. The molecule has 6 nitrogen and oxygen atoms in total. The zero-order valence-corrected chi connectivity index (χ0v) is 16.4. The molecule has 3 fully saturated rings. The summed E-state index contributed by atoms with van der Waals surface area (Å²) in [6, 6.07) is 11.0. The first-order valence-corrected chi connectivity index (χ1v) is 10.7. The minimum Gasteiger partial charge on any atom is -0.493 e. The van der Waals surface area contributed by atoms with E-state index in [0.29, 0.717) is 31.7 Å². The first kappa shape index (κ1) is 19.2. The van der Waals surface area contributed by atoms with E-state index in [1.54, 1.807) is 0 Å². The molecule has 3 saturated heterocycles. The highest BCUT2D eigenvalue weighted by Gasteiger charge is 2.35. The van der Waals surface area contributed by atoms with Crippen LogP contribution in [0.1, 0.15) is 44.9 Å². The summed E-state index contributed by atoms with van der Waals surface area (Å²) in [5.41, 5.74) is 0. The number of piperidine rings is 2. The maximum atomic E-state index is 12.8. The normalized spacial score (nSPS) is 29.4. The highest BCUT2D eigenvalue weighted by molar-refractivity contribution is 5.81. The monoisotopic (exact) mass is 385 g/mol. The number of nitrogens with zero attached hydrogens (tertiary/aromatic N) is 1. The average molecular weight is 386 g/mol. The van der Waals surface area contributed by atoms with Crippen molar-refractivity contribution in [3.8, 4) is 5.75 Å². The number of para-hydroxylation sites is 1. The number of fused-ring (bicyclic) bond motifs is 2. The van der Waals surface area contributed by atoms with E-state index in [-0.39, 0.29) is 23.8 Å². The number of benzene rings is 1. The SMILES string of the molecule is O=C(NC1CC2CCC(C1)N2)C1CCCN(C(=O)CCOc2ccccc2)C1. The summed E-state index contributed by atoms with van der Waals surface area (Å²) in [6.07, 6.45) is 6.64. The van der Waals surface area contributed by atoms with Crippen LogP contribution in [0.4, 0.5) is 0 Å². The van der Waals surface area contributed by atoms with E-state index >= 15 is 0 Å². The van der Waals surface area contributed by atoms with Gasteiger partial charge in [0.05, 0.1) is 18.9 Å². The van der Waals surface area contributed by atoms with Crippen molar-refractivity contribution < 1.29 is 14.3 Å². The molecule has 1 aromatic rings. The fourth-order valence-electron chi connectivity index (χ4n) is 4.84. The zero-order chi connectivity index (χ0) is 19.3. The third kappa shape index (κ3) is 4.85. The Hall–Kier alpha value is -2.08. The van der Waals surface area contributed by atoms with Gasteiger partial charge in [0.1, 0.15) is 5.75 Å². The first-order valence-electron chi connectivity index (χ1n) is 10.7. The largest absolute Gasteiger partial charge is 0.493 e. The molecular weight excluding hydrogens is 354 g/mol. The summed E-state index contributed by atoms with van der Waals surface area (Å²) >= 11 is 0. The van der Waals surface area contributed by atoms with Crippen molar-refractivity contribution in [1.82, 2.24) is 15.5 Å². The molecule has 4 rings (SSSR count). The van der Waals surface area contributed by atoms with E-state index in [2.05, 4.69) is 10.6 Å². The number of hydrogen-bond donors (Lipinski definition) is 2. The lowest BCUT2D eigenvalue weighted by molar-refractivity contribution is -0.136. The molecule has 6 heteroatoms. The standard InChI is InChI=1S/C22H31N3O3/c26-21(10-12-28-20-6-2-1-3-7-20)25-11-4-5-16(15-25)22(27)24-19-13-17-8-9-18(14-19)23-17/h1-3,6-7,16-19,23H,4-5,8-15H2,(H,24,27). The Kier molecular flexibility index (Phi) is 6.15. The fourth-order valence-corrected chi connectivity index (χ4v) is 4.84. The number of amides is 2. The zero-order valence-electron chi connectivity index (χ0n) is 16.4. The van der Waals surface area contributed by atoms with Gasteiger partial charge in [0.25, 0.3) is 0 Å². The van der Waals surface area contributed by atoms with Gasteiger partial charge in [-0.2, -0.15) is 0 Å². The van der Waals surface area contributed by atoms with Crippen LogP contribution in [0.2, 0.25) is 0 Å². The Labute approximate surface area is 167 Å². The van der Waals surface area contributed by atoms with Crippen LogP contribution in [-0.2, 0) is 9.59 Å². The number of hydrogen-bond acceptors (Lipinski definition) is 4. The number of likely N-dealkylation sites (tertiary alicyclic amines) is 1. The molecule has 0 radical (unpaired) electrons. The van der Waals surface area contributed by atoms with Gasteiger partial charge in [0.2, 0.25) is 11.8 Å². The van der Waals surface area contributed by atoms with Gasteiger partial charge >= 0.3 is 0 Å². The molecule has 0 saturated carbocycles. The summed E-state index contributed by atoms with van der Waals surface area (Å²) in [6.45, 7) is 1.65. The van der Waals surface area contributed by atoms with E-state index in [9.17, 15) is 9.59 Å². The molecule has 3 aliphatic rings. The number of carbonyl (C=O) groups is 2. The molecule has 28 heavy (non-hydrogen) atoms. The van der Waals surface area contributed by atoms with Gasteiger partial charge in [-0.05, 0) is 50.7 Å². The summed E-state index contributed by atoms with van der Waals surface area (Å²) in [4.78, 5) is 27.2. The molecule has 0 spiro atoms. The maximum absolute atomic E-state index is 12.8. The molecule has 3 unspecified atom stereocenters. The van der Waals surface area contributed by atoms with E-state index in [4.69, 9.17) is 4.74 Å². The van der Waals surface area contributed by atoms with Crippen molar-refractivity contribution in [3.05, 3.63) is 30.3 Å². The van der Waals surface area contributed by atoms with Crippen molar-refractivity contribution in [3.63, 3.8) is 0 Å². The number of nitrogens with one attached hydrogen (secondary N) is 2. The van der Waals surface area contributed by atoms with Crippen LogP contribution >= 0.6 is 0 Å². The summed E-state index contributed by atoms with van der Waals surface area (Å²) in [5.74, 6) is 0.903. The molecule has 2 amide bonds. The van der Waals surface area contributed by atoms with Gasteiger partial charge in [-0.1, -0.05) is 18.2 Å². The molecule has 0 aromatic heterocycles. The summed E-state index contributed by atoms with van der Waals surface area (Å²) < 4.78 is 5.64. The quantitative estimate of drug-likeness (QED) is 0.787. The molecule has 1 aromatic carbocycles. The predicted octanol–water partition coefficient (Wildman–Crippen LogP) is 2.09. The Morgan fingerprint density at radius 3 is 2.61 bits per heavy atom. The van der Waals surface area contributed by atoms with Gasteiger partial charge in [0, 0.05) is 31.2 Å². The van der Waals surface area contributed by atoms with Crippen LogP contribution in [0.25, 0.3) is 0 Å². The van der Waals surface area contributed by atoms with Gasteiger partial charge in [-0.3, -0.25) is 9.59 Å². The molecular formula is C22H31N3O3. The van der Waals surface area contributed by atoms with Gasteiger partial charge in [0.15, 0.2) is 0 Å². The molecule has 3 atom stereocenters. The lowest BCUT2D eigenvalue weighted by atomic mass is 9.94. The minimum absolute atomic E-state index is 0.0772. The highest BCUT2D eigenvalue weighted by atomic mass is 16.5. The Morgan fingerprint density at radius 2 is 1.86 bits per heavy atom. The third-order valence-electron chi connectivity index (χ3n) is 6.29. The van der Waals surface area contributed by atoms with E-state index in [1.165, 1.54) is 12.8 Å². The van der Waals surface area contributed by atoms with E-state index < -0.39 is 0 Å². The lowest BCUT2D eigenvalue weighted by Crippen LogP contribution is -2.51. The van der Waals surface area contributed by atoms with Crippen LogP contribution in [0, 0.1) is 5.92 Å². The van der Waals surface area contributed by atoms with Crippen molar-refractivity contribution >= 4 is 11.8 Å². The summed E-state index contributed by atoms with van der Waals surface area (Å²) in [5, 5.41) is 6.88. The van der Waals surface area contributed by atoms with Crippen molar-refractivity contribution in [2.75, 3.05) is 19.7 Å². The second-order valence-electron chi connectivity index (χ2n) is 8.41. The minimum atomic E-state index is -0.0831. The Balaban J connectivity index is 1.22. The summed E-state index contributed by atoms with van der Waals surface area (Å²) in [7, 11) is 0. The Bertz CT molecular complexity index is 669. The molecule has 3 aliphatic heterocycles. The van der Waals surface area contributed by atoms with Gasteiger partial charge in [-0.25, -0.2) is 0 Å². The molecule has 2 bridgehead atoms. The maximum Gasteiger partial charge on any atom is 0.226 e. The second-order valence-corrected chi connectivity index (χ2v) is 8.41. The van der Waals surface area contributed by atoms with E-state index in [0.717, 1.165) is 38.0 Å². The molecule has 0 aliphatic carbocycles. The predicted molar refractivity (Wildman–Crippen MR) is 107 cm³/mol. The van der Waals surface area contributed by atoms with Crippen LogP contribution < -0.4 is 15.4 Å². The van der Waals surface area contributed by atoms with Crippen LogP contribution in [-0.4, -0.2) is 54.5 Å². The van der Waals surface area contributed by atoms with Crippen molar-refractivity contribution in [2.45, 2.75) is 63.1 Å². The Morgan fingerprint density at radius 1 is 1.11 bits per heavy atom. The number of rotatable bonds is 6. The van der Waals surface area contributed by atoms with Gasteiger partial charge in [-0.15, -0.1) is 0 Å². The smallest absolute Gasteiger partial charge is 0.226 e. The first-order chi connectivity index (χ1) is 13.7. The van der Waals surface area contributed by atoms with Crippen LogP contribution in [0.5, 0.6) is 5.75 Å².